The van der Waals surface area contributed by atoms with Crippen molar-refractivity contribution in [2.75, 3.05) is 18.0 Å². The molecule has 0 radical (unpaired) electrons. The highest BCUT2D eigenvalue weighted by Crippen LogP contribution is 2.27. The molecule has 0 spiro atoms. The zero-order valence-corrected chi connectivity index (χ0v) is 9.56. The smallest absolute Gasteiger partial charge is 0.226 e. The van der Waals surface area contributed by atoms with E-state index in [0.29, 0.717) is 11.6 Å². The molecule has 0 aliphatic heterocycles. The number of nitrogens with zero attached hydrogens (tertiary/aromatic N) is 4. The molecule has 1 aromatic heterocycles. The van der Waals surface area contributed by atoms with Crippen molar-refractivity contribution >= 4 is 5.95 Å². The molecule has 0 N–H and O–H groups in total. The van der Waals surface area contributed by atoms with Crippen molar-refractivity contribution in [3.63, 3.8) is 0 Å². The predicted octanol–water partition coefficient (Wildman–Crippen LogP) is 1.97. The second-order valence-electron chi connectivity index (χ2n) is 4.19. The van der Waals surface area contributed by atoms with Crippen molar-refractivity contribution in [2.24, 2.45) is 5.92 Å². The summed E-state index contributed by atoms with van der Waals surface area (Å²) in [5.41, 5.74) is 0.442. The zero-order valence-electron chi connectivity index (χ0n) is 9.56. The van der Waals surface area contributed by atoms with E-state index in [2.05, 4.69) is 21.8 Å². The maximum Gasteiger partial charge on any atom is 0.226 e. The van der Waals surface area contributed by atoms with E-state index >= 15 is 0 Å². The highest BCUT2D eigenvalue weighted by molar-refractivity contribution is 5.33. The summed E-state index contributed by atoms with van der Waals surface area (Å²) in [6, 6.07) is 3.69. The van der Waals surface area contributed by atoms with E-state index in [4.69, 9.17) is 5.26 Å². The average Bonchev–Trinajstić information content (AvgIpc) is 2.28. The molecule has 4 heteroatoms. The Bertz CT molecular complexity index is 392. The van der Waals surface area contributed by atoms with Gasteiger partial charge in [0.15, 0.2) is 0 Å². The first-order chi connectivity index (χ1) is 7.83. The SMILES string of the molecule is CCN(CC1CCC1)c1nccc(C#N)n1. The fourth-order valence-electron chi connectivity index (χ4n) is 1.90. The number of nitriles is 1. The molecule has 2 rings (SSSR count). The van der Waals surface area contributed by atoms with Crippen molar-refractivity contribution < 1.29 is 0 Å². The second kappa shape index (κ2) is 4.93. The second-order valence-corrected chi connectivity index (χ2v) is 4.19. The molecular formula is C12H16N4. The summed E-state index contributed by atoms with van der Waals surface area (Å²) >= 11 is 0. The third-order valence-corrected chi connectivity index (χ3v) is 3.13. The average molecular weight is 216 g/mol. The lowest BCUT2D eigenvalue weighted by Crippen LogP contribution is -2.33. The quantitative estimate of drug-likeness (QED) is 0.772. The normalized spacial score (nSPS) is 15.2. The van der Waals surface area contributed by atoms with Gasteiger partial charge in [0.2, 0.25) is 5.95 Å². The first-order valence-corrected chi connectivity index (χ1v) is 5.81. The van der Waals surface area contributed by atoms with Crippen LogP contribution in [0.15, 0.2) is 12.3 Å². The minimum Gasteiger partial charge on any atom is -0.341 e. The van der Waals surface area contributed by atoms with Gasteiger partial charge in [-0.3, -0.25) is 0 Å². The molecule has 1 aliphatic rings. The summed E-state index contributed by atoms with van der Waals surface area (Å²) in [6.45, 7) is 4.01. The fraction of sp³-hybridized carbons (Fsp3) is 0.583. The van der Waals surface area contributed by atoms with Crippen LogP contribution in [0.25, 0.3) is 0 Å². The van der Waals surface area contributed by atoms with Crippen molar-refractivity contribution in [2.45, 2.75) is 26.2 Å². The maximum absolute atomic E-state index is 8.80. The van der Waals surface area contributed by atoms with Crippen LogP contribution in [-0.2, 0) is 0 Å². The highest BCUT2D eigenvalue weighted by atomic mass is 15.2. The van der Waals surface area contributed by atoms with Gasteiger partial charge in [0.05, 0.1) is 0 Å². The number of rotatable bonds is 4. The molecule has 1 fully saturated rings. The Morgan fingerprint density at radius 3 is 2.94 bits per heavy atom. The van der Waals surface area contributed by atoms with Gasteiger partial charge in [-0.1, -0.05) is 6.42 Å². The Morgan fingerprint density at radius 2 is 2.38 bits per heavy atom. The summed E-state index contributed by atoms with van der Waals surface area (Å²) in [6.07, 6.45) is 5.63. The number of aromatic nitrogens is 2. The lowest BCUT2D eigenvalue weighted by atomic mass is 9.85. The van der Waals surface area contributed by atoms with E-state index in [1.54, 1.807) is 12.3 Å². The molecule has 1 aliphatic carbocycles. The van der Waals surface area contributed by atoms with Gasteiger partial charge < -0.3 is 4.90 Å². The molecular weight excluding hydrogens is 200 g/mol. The van der Waals surface area contributed by atoms with Crippen LogP contribution in [0.4, 0.5) is 5.95 Å². The van der Waals surface area contributed by atoms with Crippen LogP contribution in [0.2, 0.25) is 0 Å². The van der Waals surface area contributed by atoms with Gasteiger partial charge in [-0.05, 0) is 31.7 Å². The van der Waals surface area contributed by atoms with Crippen LogP contribution in [0, 0.1) is 17.2 Å². The fourth-order valence-corrected chi connectivity index (χ4v) is 1.90. The molecule has 0 unspecified atom stereocenters. The molecule has 0 saturated heterocycles. The minimum atomic E-state index is 0.442. The molecule has 1 saturated carbocycles. The molecule has 0 bridgehead atoms. The molecule has 84 valence electrons. The minimum absolute atomic E-state index is 0.442. The maximum atomic E-state index is 8.80. The first-order valence-electron chi connectivity index (χ1n) is 5.81. The molecule has 0 aromatic carbocycles. The number of anilines is 1. The lowest BCUT2D eigenvalue weighted by molar-refractivity contribution is 0.317. The molecule has 0 amide bonds. The summed E-state index contributed by atoms with van der Waals surface area (Å²) in [5, 5.41) is 8.80. The van der Waals surface area contributed by atoms with Crippen molar-refractivity contribution in [3.05, 3.63) is 18.0 Å². The summed E-state index contributed by atoms with van der Waals surface area (Å²) in [4.78, 5) is 10.6. The van der Waals surface area contributed by atoms with Crippen molar-refractivity contribution in [1.82, 2.24) is 9.97 Å². The highest BCUT2D eigenvalue weighted by Gasteiger charge is 2.21. The van der Waals surface area contributed by atoms with E-state index in [-0.39, 0.29) is 0 Å². The Balaban J connectivity index is 2.09. The third kappa shape index (κ3) is 2.30. The van der Waals surface area contributed by atoms with E-state index in [0.717, 1.165) is 19.0 Å². The molecule has 1 aromatic rings. The summed E-state index contributed by atoms with van der Waals surface area (Å²) in [7, 11) is 0. The summed E-state index contributed by atoms with van der Waals surface area (Å²) in [5.74, 6) is 1.47. The van der Waals surface area contributed by atoms with Crippen molar-refractivity contribution in [1.29, 1.82) is 5.26 Å². The number of hydrogen-bond acceptors (Lipinski definition) is 4. The van der Waals surface area contributed by atoms with E-state index in [1.807, 2.05) is 6.07 Å². The largest absolute Gasteiger partial charge is 0.341 e. The Labute approximate surface area is 95.9 Å². The Hall–Kier alpha value is -1.63. The lowest BCUT2D eigenvalue weighted by Gasteiger charge is -2.31. The monoisotopic (exact) mass is 216 g/mol. The van der Waals surface area contributed by atoms with E-state index in [9.17, 15) is 0 Å². The van der Waals surface area contributed by atoms with Crippen LogP contribution >= 0.6 is 0 Å². The predicted molar refractivity (Wildman–Crippen MR) is 62.0 cm³/mol. The standard InChI is InChI=1S/C12H16N4/c1-2-16(9-10-4-3-5-10)12-14-7-6-11(8-13)15-12/h6-7,10H,2-5,9H2,1H3. The van der Waals surface area contributed by atoms with Gasteiger partial charge in [-0.2, -0.15) is 5.26 Å². The first kappa shape index (κ1) is 10.9. The van der Waals surface area contributed by atoms with Crippen molar-refractivity contribution in [3.8, 4) is 6.07 Å². The number of hydrogen-bond donors (Lipinski definition) is 0. The Morgan fingerprint density at radius 1 is 1.56 bits per heavy atom. The molecule has 4 nitrogen and oxygen atoms in total. The van der Waals surface area contributed by atoms with Gasteiger partial charge in [-0.15, -0.1) is 0 Å². The topological polar surface area (TPSA) is 52.8 Å². The van der Waals surface area contributed by atoms with Gasteiger partial charge in [0, 0.05) is 19.3 Å². The van der Waals surface area contributed by atoms with Crippen LogP contribution < -0.4 is 4.90 Å². The van der Waals surface area contributed by atoms with Crippen LogP contribution in [-0.4, -0.2) is 23.1 Å². The van der Waals surface area contributed by atoms with E-state index < -0.39 is 0 Å². The van der Waals surface area contributed by atoms with Gasteiger partial charge in [-0.25, -0.2) is 9.97 Å². The van der Waals surface area contributed by atoms with Crippen LogP contribution in [0.5, 0.6) is 0 Å². The Kier molecular flexibility index (Phi) is 3.35. The van der Waals surface area contributed by atoms with Gasteiger partial charge >= 0.3 is 0 Å². The molecule has 16 heavy (non-hydrogen) atoms. The zero-order chi connectivity index (χ0) is 11.4. The molecule has 1 heterocycles. The summed E-state index contributed by atoms with van der Waals surface area (Å²) < 4.78 is 0. The van der Waals surface area contributed by atoms with Crippen LogP contribution in [0.3, 0.4) is 0 Å². The van der Waals surface area contributed by atoms with Gasteiger partial charge in [0.25, 0.3) is 0 Å². The van der Waals surface area contributed by atoms with E-state index in [1.165, 1.54) is 19.3 Å². The third-order valence-electron chi connectivity index (χ3n) is 3.13. The van der Waals surface area contributed by atoms with Crippen LogP contribution in [0.1, 0.15) is 31.9 Å². The molecule has 0 atom stereocenters. The van der Waals surface area contributed by atoms with Gasteiger partial charge in [0.1, 0.15) is 11.8 Å².